The lowest BCUT2D eigenvalue weighted by Crippen LogP contribution is -2.40. The summed E-state index contributed by atoms with van der Waals surface area (Å²) < 4.78 is 46.7. The van der Waals surface area contributed by atoms with Crippen molar-refractivity contribution in [1.29, 1.82) is 0 Å². The van der Waals surface area contributed by atoms with E-state index in [1.807, 2.05) is 0 Å². The first-order valence-corrected chi connectivity index (χ1v) is 6.72. The molecule has 0 fully saturated rings. The van der Waals surface area contributed by atoms with E-state index in [0.29, 0.717) is 30.6 Å². The van der Waals surface area contributed by atoms with E-state index in [0.717, 1.165) is 0 Å². The highest BCUT2D eigenvalue weighted by Gasteiger charge is 2.26. The minimum absolute atomic E-state index is 0. The second-order valence-corrected chi connectivity index (χ2v) is 4.32. The second-order valence-electron chi connectivity index (χ2n) is 4.32. The number of rotatable bonds is 7. The van der Waals surface area contributed by atoms with Gasteiger partial charge in [-0.2, -0.15) is 13.2 Å². The van der Waals surface area contributed by atoms with Crippen molar-refractivity contribution in [2.24, 2.45) is 4.99 Å². The standard InChI is InChI=1S/C14H20F3N3O2.HI/c1-18-13(19-7-6-14(15,16)17)20-8-9-22-12-5-3-4-11(10-12)21-2;/h3-5,10H,6-9H2,1-2H3,(H2,18,19,20);1H. The number of nitrogens with one attached hydrogen (secondary N) is 2. The van der Waals surface area contributed by atoms with Crippen LogP contribution in [0.5, 0.6) is 11.5 Å². The van der Waals surface area contributed by atoms with Gasteiger partial charge >= 0.3 is 6.18 Å². The molecule has 1 aromatic carbocycles. The van der Waals surface area contributed by atoms with Crippen LogP contribution in [0.15, 0.2) is 29.3 Å². The summed E-state index contributed by atoms with van der Waals surface area (Å²) in [6.45, 7) is 0.524. The minimum atomic E-state index is -4.18. The van der Waals surface area contributed by atoms with Gasteiger partial charge in [-0.3, -0.25) is 4.99 Å². The Morgan fingerprint density at radius 3 is 2.43 bits per heavy atom. The summed E-state index contributed by atoms with van der Waals surface area (Å²) >= 11 is 0. The Morgan fingerprint density at radius 1 is 1.17 bits per heavy atom. The van der Waals surface area contributed by atoms with Crippen molar-refractivity contribution >= 4 is 29.9 Å². The number of halogens is 4. The van der Waals surface area contributed by atoms with Gasteiger partial charge in [0.1, 0.15) is 18.1 Å². The molecule has 0 spiro atoms. The summed E-state index contributed by atoms with van der Waals surface area (Å²) in [5.41, 5.74) is 0. The lowest BCUT2D eigenvalue weighted by Gasteiger charge is -2.13. The smallest absolute Gasteiger partial charge is 0.390 e. The Bertz CT molecular complexity index is 485. The van der Waals surface area contributed by atoms with Gasteiger partial charge in [0.05, 0.1) is 20.1 Å². The van der Waals surface area contributed by atoms with Crippen molar-refractivity contribution in [3.8, 4) is 11.5 Å². The van der Waals surface area contributed by atoms with Crippen molar-refractivity contribution in [1.82, 2.24) is 10.6 Å². The van der Waals surface area contributed by atoms with Crippen LogP contribution in [0.2, 0.25) is 0 Å². The van der Waals surface area contributed by atoms with Gasteiger partial charge in [0.15, 0.2) is 5.96 Å². The monoisotopic (exact) mass is 447 g/mol. The third-order valence-corrected chi connectivity index (χ3v) is 2.63. The van der Waals surface area contributed by atoms with Crippen molar-refractivity contribution < 1.29 is 22.6 Å². The molecular formula is C14H21F3IN3O2. The molecule has 0 aliphatic heterocycles. The Morgan fingerprint density at radius 2 is 1.83 bits per heavy atom. The molecule has 132 valence electrons. The van der Waals surface area contributed by atoms with Crippen LogP contribution in [0.25, 0.3) is 0 Å². The van der Waals surface area contributed by atoms with E-state index in [1.54, 1.807) is 31.4 Å². The van der Waals surface area contributed by atoms with Gasteiger partial charge < -0.3 is 20.1 Å². The zero-order chi connectivity index (χ0) is 16.4. The van der Waals surface area contributed by atoms with Gasteiger partial charge in [0, 0.05) is 19.7 Å². The van der Waals surface area contributed by atoms with E-state index in [9.17, 15) is 13.2 Å². The lowest BCUT2D eigenvalue weighted by molar-refractivity contribution is -0.132. The number of methoxy groups -OCH3 is 1. The van der Waals surface area contributed by atoms with Crippen LogP contribution in [0.1, 0.15) is 6.42 Å². The molecule has 0 aliphatic rings. The largest absolute Gasteiger partial charge is 0.497 e. The topological polar surface area (TPSA) is 54.9 Å². The number of hydrogen-bond acceptors (Lipinski definition) is 3. The van der Waals surface area contributed by atoms with E-state index in [-0.39, 0.29) is 30.5 Å². The highest BCUT2D eigenvalue weighted by atomic mass is 127. The van der Waals surface area contributed by atoms with Crippen molar-refractivity contribution in [3.63, 3.8) is 0 Å². The van der Waals surface area contributed by atoms with Crippen LogP contribution in [0.4, 0.5) is 13.2 Å². The third kappa shape index (κ3) is 10.1. The Labute approximate surface area is 150 Å². The maximum atomic E-state index is 12.0. The zero-order valence-electron chi connectivity index (χ0n) is 12.9. The fourth-order valence-electron chi connectivity index (χ4n) is 1.57. The first kappa shape index (κ1) is 21.6. The molecule has 0 saturated carbocycles. The first-order valence-electron chi connectivity index (χ1n) is 6.72. The molecule has 9 heteroatoms. The molecule has 1 aromatic rings. The summed E-state index contributed by atoms with van der Waals surface area (Å²) in [4.78, 5) is 3.83. The quantitative estimate of drug-likeness (QED) is 0.292. The highest BCUT2D eigenvalue weighted by molar-refractivity contribution is 14.0. The number of benzene rings is 1. The van der Waals surface area contributed by atoms with Gasteiger partial charge in [-0.05, 0) is 12.1 Å². The fourth-order valence-corrected chi connectivity index (χ4v) is 1.57. The third-order valence-electron chi connectivity index (χ3n) is 2.63. The minimum Gasteiger partial charge on any atom is -0.497 e. The van der Waals surface area contributed by atoms with Crippen LogP contribution in [0, 0.1) is 0 Å². The normalized spacial score (nSPS) is 11.4. The molecule has 0 unspecified atom stereocenters. The van der Waals surface area contributed by atoms with E-state index in [1.165, 1.54) is 7.05 Å². The molecule has 0 aliphatic carbocycles. The molecular weight excluding hydrogens is 426 g/mol. The molecule has 0 amide bonds. The SMILES string of the molecule is CN=C(NCCOc1cccc(OC)c1)NCCC(F)(F)F.I. The molecule has 0 heterocycles. The maximum absolute atomic E-state index is 12.0. The Kier molecular flexibility index (Phi) is 10.5. The molecule has 0 aromatic heterocycles. The average Bonchev–Trinajstić information content (AvgIpc) is 2.48. The number of alkyl halides is 3. The summed E-state index contributed by atoms with van der Waals surface area (Å²) in [7, 11) is 3.06. The predicted octanol–water partition coefficient (Wildman–Crippen LogP) is 2.81. The summed E-state index contributed by atoms with van der Waals surface area (Å²) in [5, 5.41) is 5.46. The van der Waals surface area contributed by atoms with Gasteiger partial charge in [0.2, 0.25) is 0 Å². The van der Waals surface area contributed by atoms with Crippen LogP contribution in [-0.2, 0) is 0 Å². The average molecular weight is 447 g/mol. The molecule has 1 rings (SSSR count). The maximum Gasteiger partial charge on any atom is 0.390 e. The molecule has 0 atom stereocenters. The van der Waals surface area contributed by atoms with E-state index in [4.69, 9.17) is 9.47 Å². The second kappa shape index (κ2) is 11.2. The first-order chi connectivity index (χ1) is 10.4. The van der Waals surface area contributed by atoms with Gasteiger partial charge in [-0.25, -0.2) is 0 Å². The fraction of sp³-hybridized carbons (Fsp3) is 0.500. The molecule has 0 radical (unpaired) electrons. The van der Waals surface area contributed by atoms with Gasteiger partial charge in [-0.1, -0.05) is 6.07 Å². The van der Waals surface area contributed by atoms with Gasteiger partial charge in [-0.15, -0.1) is 24.0 Å². The van der Waals surface area contributed by atoms with E-state index < -0.39 is 12.6 Å². The molecule has 0 saturated heterocycles. The zero-order valence-corrected chi connectivity index (χ0v) is 15.3. The predicted molar refractivity (Wildman–Crippen MR) is 93.9 cm³/mol. The molecule has 5 nitrogen and oxygen atoms in total. The van der Waals surface area contributed by atoms with E-state index >= 15 is 0 Å². The summed E-state index contributed by atoms with van der Waals surface area (Å²) in [5.74, 6) is 1.65. The Hall–Kier alpha value is -1.39. The molecule has 0 bridgehead atoms. The summed E-state index contributed by atoms with van der Waals surface area (Å²) in [6, 6.07) is 7.14. The number of ether oxygens (including phenoxy) is 2. The van der Waals surface area contributed by atoms with Crippen molar-refractivity contribution in [2.75, 3.05) is 33.9 Å². The molecule has 23 heavy (non-hydrogen) atoms. The van der Waals surface area contributed by atoms with E-state index in [2.05, 4.69) is 15.6 Å². The van der Waals surface area contributed by atoms with Crippen molar-refractivity contribution in [2.45, 2.75) is 12.6 Å². The lowest BCUT2D eigenvalue weighted by atomic mass is 10.3. The highest BCUT2D eigenvalue weighted by Crippen LogP contribution is 2.19. The van der Waals surface area contributed by atoms with Crippen molar-refractivity contribution in [3.05, 3.63) is 24.3 Å². The van der Waals surface area contributed by atoms with Crippen LogP contribution >= 0.6 is 24.0 Å². The number of aliphatic imine (C=N–C) groups is 1. The number of guanidine groups is 1. The van der Waals surface area contributed by atoms with Gasteiger partial charge in [0.25, 0.3) is 0 Å². The van der Waals surface area contributed by atoms with Crippen LogP contribution in [0.3, 0.4) is 0 Å². The number of nitrogens with zero attached hydrogens (tertiary/aromatic N) is 1. The number of hydrogen-bond donors (Lipinski definition) is 2. The summed E-state index contributed by atoms with van der Waals surface area (Å²) in [6.07, 6.45) is -5.09. The molecule has 2 N–H and O–H groups in total. The van der Waals surface area contributed by atoms with Crippen LogP contribution < -0.4 is 20.1 Å². The van der Waals surface area contributed by atoms with Crippen LogP contribution in [-0.4, -0.2) is 46.0 Å². The Balaban J connectivity index is 0.00000484.